The second kappa shape index (κ2) is 4.10. The predicted molar refractivity (Wildman–Crippen MR) is 69.2 cm³/mol. The van der Waals surface area contributed by atoms with Gasteiger partial charge in [0.1, 0.15) is 11.3 Å². The smallest absolute Gasteiger partial charge is 0.227 e. The van der Waals surface area contributed by atoms with Gasteiger partial charge < -0.3 is 4.42 Å². The van der Waals surface area contributed by atoms with E-state index in [1.54, 1.807) is 18.2 Å². The van der Waals surface area contributed by atoms with Crippen molar-refractivity contribution in [2.75, 3.05) is 0 Å². The van der Waals surface area contributed by atoms with Crippen LogP contribution in [0.25, 0.3) is 22.6 Å². The Bertz CT molecular complexity index is 679. The lowest BCUT2D eigenvalue weighted by Crippen LogP contribution is -1.78. The van der Waals surface area contributed by atoms with Gasteiger partial charge in [-0.1, -0.05) is 11.6 Å². The first-order chi connectivity index (χ1) is 8.63. The molecule has 3 aromatic rings. The highest BCUT2D eigenvalue weighted by molar-refractivity contribution is 6.32. The van der Waals surface area contributed by atoms with Gasteiger partial charge in [0.25, 0.3) is 0 Å². The Morgan fingerprint density at radius 1 is 1.17 bits per heavy atom. The molecule has 0 atom stereocenters. The third-order valence-corrected chi connectivity index (χ3v) is 3.17. The normalized spacial score (nSPS) is 11.1. The molecule has 18 heavy (non-hydrogen) atoms. The molecule has 0 aliphatic rings. The van der Waals surface area contributed by atoms with Crippen molar-refractivity contribution in [2.45, 2.75) is 6.92 Å². The highest BCUT2D eigenvalue weighted by Crippen LogP contribution is 2.28. The maximum Gasteiger partial charge on any atom is 0.227 e. The van der Waals surface area contributed by atoms with E-state index in [0.717, 1.165) is 16.6 Å². The molecule has 0 bridgehead atoms. The minimum atomic E-state index is -0.284. The predicted octanol–water partition coefficient (Wildman–Crippen LogP) is 4.60. The fourth-order valence-electron chi connectivity index (χ4n) is 1.77. The molecule has 0 radical (unpaired) electrons. The van der Waals surface area contributed by atoms with Gasteiger partial charge in [0.05, 0.1) is 0 Å². The van der Waals surface area contributed by atoms with Gasteiger partial charge in [0.15, 0.2) is 5.58 Å². The van der Waals surface area contributed by atoms with Crippen LogP contribution in [0.3, 0.4) is 0 Å². The molecule has 2 aromatic carbocycles. The third kappa shape index (κ3) is 1.87. The summed E-state index contributed by atoms with van der Waals surface area (Å²) < 4.78 is 18.5. The van der Waals surface area contributed by atoms with Gasteiger partial charge in [-0.3, -0.25) is 0 Å². The molecule has 1 aromatic heterocycles. The minimum absolute atomic E-state index is 0.284. The van der Waals surface area contributed by atoms with Crippen LogP contribution in [0.1, 0.15) is 5.56 Å². The van der Waals surface area contributed by atoms with E-state index < -0.39 is 0 Å². The molecule has 0 unspecified atom stereocenters. The van der Waals surface area contributed by atoms with Crippen molar-refractivity contribution in [1.29, 1.82) is 0 Å². The van der Waals surface area contributed by atoms with E-state index in [1.165, 1.54) is 12.1 Å². The molecule has 0 aliphatic carbocycles. The van der Waals surface area contributed by atoms with Crippen LogP contribution in [0.15, 0.2) is 40.8 Å². The van der Waals surface area contributed by atoms with Crippen LogP contribution in [-0.4, -0.2) is 4.98 Å². The highest BCUT2D eigenvalue weighted by Gasteiger charge is 2.10. The van der Waals surface area contributed by atoms with Crippen LogP contribution < -0.4 is 0 Å². The second-order valence-corrected chi connectivity index (χ2v) is 4.50. The van der Waals surface area contributed by atoms with Gasteiger partial charge in [-0.25, -0.2) is 9.37 Å². The number of nitrogens with zero attached hydrogens (tertiary/aromatic N) is 1. The summed E-state index contributed by atoms with van der Waals surface area (Å²) in [5.74, 6) is 0.181. The van der Waals surface area contributed by atoms with Crippen molar-refractivity contribution in [2.24, 2.45) is 0 Å². The van der Waals surface area contributed by atoms with E-state index in [2.05, 4.69) is 4.98 Å². The third-order valence-electron chi connectivity index (χ3n) is 2.76. The summed E-state index contributed by atoms with van der Waals surface area (Å²) >= 11 is 6.03. The lowest BCUT2D eigenvalue weighted by Gasteiger charge is -1.94. The van der Waals surface area contributed by atoms with E-state index in [1.807, 2.05) is 13.0 Å². The van der Waals surface area contributed by atoms with Crippen LogP contribution in [0.2, 0.25) is 5.02 Å². The van der Waals surface area contributed by atoms with E-state index in [-0.39, 0.29) is 5.82 Å². The molecule has 90 valence electrons. The molecule has 2 nitrogen and oxygen atoms in total. The largest absolute Gasteiger partial charge is 0.436 e. The molecule has 0 amide bonds. The molecule has 3 rings (SSSR count). The Balaban J connectivity index is 2.16. The van der Waals surface area contributed by atoms with E-state index in [0.29, 0.717) is 16.5 Å². The van der Waals surface area contributed by atoms with Gasteiger partial charge in [0.2, 0.25) is 5.89 Å². The van der Waals surface area contributed by atoms with Gasteiger partial charge in [0, 0.05) is 16.7 Å². The zero-order valence-corrected chi connectivity index (χ0v) is 10.3. The highest BCUT2D eigenvalue weighted by atomic mass is 35.5. The monoisotopic (exact) mass is 261 g/mol. The van der Waals surface area contributed by atoms with E-state index in [4.69, 9.17) is 16.0 Å². The number of hydrogen-bond acceptors (Lipinski definition) is 2. The summed E-state index contributed by atoms with van der Waals surface area (Å²) in [6.07, 6.45) is 0. The number of oxazole rings is 1. The second-order valence-electron chi connectivity index (χ2n) is 4.10. The fourth-order valence-corrected chi connectivity index (χ4v) is 1.92. The number of hydrogen-bond donors (Lipinski definition) is 0. The van der Waals surface area contributed by atoms with Crippen molar-refractivity contribution < 1.29 is 8.81 Å². The van der Waals surface area contributed by atoms with E-state index >= 15 is 0 Å². The maximum atomic E-state index is 12.8. The van der Waals surface area contributed by atoms with E-state index in [9.17, 15) is 4.39 Å². The number of aryl methyl sites for hydroxylation is 1. The first-order valence-corrected chi connectivity index (χ1v) is 5.84. The van der Waals surface area contributed by atoms with Gasteiger partial charge in [-0.2, -0.15) is 0 Å². The zero-order valence-electron chi connectivity index (χ0n) is 9.58. The average Bonchev–Trinajstić information content (AvgIpc) is 2.73. The number of aromatic nitrogens is 1. The molecule has 0 fully saturated rings. The van der Waals surface area contributed by atoms with Crippen LogP contribution >= 0.6 is 11.6 Å². The van der Waals surface area contributed by atoms with Gasteiger partial charge in [-0.15, -0.1) is 0 Å². The van der Waals surface area contributed by atoms with Gasteiger partial charge >= 0.3 is 0 Å². The Labute approximate surface area is 108 Å². The van der Waals surface area contributed by atoms with Crippen LogP contribution in [0, 0.1) is 12.7 Å². The number of fused-ring (bicyclic) bond motifs is 1. The summed E-state index contributed by atoms with van der Waals surface area (Å²) in [6.45, 7) is 1.91. The first kappa shape index (κ1) is 11.2. The standard InChI is InChI=1S/C14H9ClFNO/c1-8-6-12-13(7-11(8)15)18-14(17-12)9-2-4-10(16)5-3-9/h2-7H,1H3. The lowest BCUT2D eigenvalue weighted by atomic mass is 10.2. The first-order valence-electron chi connectivity index (χ1n) is 5.46. The quantitative estimate of drug-likeness (QED) is 0.640. The Kier molecular flexibility index (Phi) is 2.56. The van der Waals surface area contributed by atoms with Gasteiger partial charge in [-0.05, 0) is 42.8 Å². The Hall–Kier alpha value is -1.87. The average molecular weight is 262 g/mol. The SMILES string of the molecule is Cc1cc2nc(-c3ccc(F)cc3)oc2cc1Cl. The van der Waals surface area contributed by atoms with Crippen LogP contribution in [0.5, 0.6) is 0 Å². The van der Waals surface area contributed by atoms with Crippen molar-refractivity contribution in [3.8, 4) is 11.5 Å². The number of benzene rings is 2. The molecule has 0 aliphatic heterocycles. The molecular weight excluding hydrogens is 253 g/mol. The molecule has 1 heterocycles. The maximum absolute atomic E-state index is 12.8. The zero-order chi connectivity index (χ0) is 12.7. The summed E-state index contributed by atoms with van der Waals surface area (Å²) in [5, 5.41) is 0.643. The van der Waals surface area contributed by atoms with Crippen molar-refractivity contribution >= 4 is 22.7 Å². The van der Waals surface area contributed by atoms with Crippen molar-refractivity contribution in [1.82, 2.24) is 4.98 Å². The fraction of sp³-hybridized carbons (Fsp3) is 0.0714. The number of rotatable bonds is 1. The molecule has 0 saturated heterocycles. The Morgan fingerprint density at radius 2 is 1.89 bits per heavy atom. The summed E-state index contributed by atoms with van der Waals surface area (Å²) in [6, 6.07) is 9.63. The topological polar surface area (TPSA) is 26.0 Å². The molecule has 0 N–H and O–H groups in total. The van der Waals surface area contributed by atoms with Crippen LogP contribution in [0.4, 0.5) is 4.39 Å². The summed E-state index contributed by atoms with van der Waals surface area (Å²) in [7, 11) is 0. The molecule has 0 spiro atoms. The minimum Gasteiger partial charge on any atom is -0.436 e. The lowest BCUT2D eigenvalue weighted by molar-refractivity contribution is 0.616. The molecular formula is C14H9ClFNO. The number of halogens is 2. The molecule has 4 heteroatoms. The van der Waals surface area contributed by atoms with Crippen molar-refractivity contribution in [3.63, 3.8) is 0 Å². The molecule has 0 saturated carbocycles. The van der Waals surface area contributed by atoms with Crippen LogP contribution in [-0.2, 0) is 0 Å². The summed E-state index contributed by atoms with van der Waals surface area (Å²) in [5.41, 5.74) is 3.06. The Morgan fingerprint density at radius 3 is 2.61 bits per heavy atom. The summed E-state index contributed by atoms with van der Waals surface area (Å²) in [4.78, 5) is 4.37. The van der Waals surface area contributed by atoms with Crippen molar-refractivity contribution in [3.05, 3.63) is 52.8 Å².